The maximum Gasteiger partial charge on any atom is 0.345 e. The normalized spacial score (nSPS) is 11.7. The van der Waals surface area contributed by atoms with Crippen LogP contribution >= 0.6 is 27.3 Å². The number of amides is 1. The summed E-state index contributed by atoms with van der Waals surface area (Å²) in [4.78, 5) is 21.1. The second-order valence-corrected chi connectivity index (χ2v) is 7.66. The average Bonchev–Trinajstić information content (AvgIpc) is 2.59. The van der Waals surface area contributed by atoms with Crippen molar-refractivity contribution in [1.29, 1.82) is 0 Å². The molecule has 0 aliphatic carbocycles. The monoisotopic (exact) mass is 356 g/mol. The van der Waals surface area contributed by atoms with Gasteiger partial charge in [0.15, 0.2) is 0 Å². The van der Waals surface area contributed by atoms with E-state index >= 15 is 0 Å². The second kappa shape index (κ2) is 5.34. The lowest BCUT2D eigenvalue weighted by atomic mass is 10.5. The van der Waals surface area contributed by atoms with Crippen LogP contribution in [0.2, 0.25) is 0 Å². The molecule has 0 spiro atoms. The third-order valence-corrected chi connectivity index (χ3v) is 5.98. The van der Waals surface area contributed by atoms with Gasteiger partial charge in [0, 0.05) is 7.05 Å². The summed E-state index contributed by atoms with van der Waals surface area (Å²) in [6.07, 6.45) is 0. The number of thiophene rings is 1. The van der Waals surface area contributed by atoms with Crippen molar-refractivity contribution in [3.63, 3.8) is 0 Å². The summed E-state index contributed by atoms with van der Waals surface area (Å²) < 4.78 is 25.0. The lowest BCUT2D eigenvalue weighted by Gasteiger charge is -2.14. The Bertz CT molecular complexity index is 595. The number of hydrogen-bond acceptors (Lipinski definition) is 5. The van der Waals surface area contributed by atoms with Crippen molar-refractivity contribution in [2.75, 3.05) is 13.6 Å². The molecule has 0 atom stereocenters. The lowest BCUT2D eigenvalue weighted by molar-refractivity contribution is -0.118. The molecule has 1 aromatic rings. The molecule has 7 nitrogen and oxygen atoms in total. The van der Waals surface area contributed by atoms with Gasteiger partial charge in [-0.25, -0.2) is 13.2 Å². The number of rotatable bonds is 5. The zero-order valence-corrected chi connectivity index (χ0v) is 12.3. The summed E-state index contributed by atoms with van der Waals surface area (Å²) in [5.41, 5.74) is 4.91. The molecule has 0 aliphatic heterocycles. The molecule has 0 unspecified atom stereocenters. The first-order valence-corrected chi connectivity index (χ1v) is 7.48. The summed E-state index contributed by atoms with van der Waals surface area (Å²) in [6, 6.07) is 1.03. The molecule has 0 aliphatic rings. The molecule has 1 amide bonds. The third kappa shape index (κ3) is 3.07. The van der Waals surface area contributed by atoms with Gasteiger partial charge in [-0.3, -0.25) is 4.79 Å². The molecule has 1 aromatic heterocycles. The summed E-state index contributed by atoms with van der Waals surface area (Å²) in [7, 11) is -2.76. The van der Waals surface area contributed by atoms with Gasteiger partial charge in [0.1, 0.15) is 9.77 Å². The fourth-order valence-electron chi connectivity index (χ4n) is 1.11. The highest BCUT2D eigenvalue weighted by Gasteiger charge is 2.27. The van der Waals surface area contributed by atoms with Crippen LogP contribution in [0.15, 0.2) is 14.7 Å². The molecule has 1 rings (SSSR count). The Kier molecular flexibility index (Phi) is 4.48. The van der Waals surface area contributed by atoms with Gasteiger partial charge in [0.25, 0.3) is 0 Å². The van der Waals surface area contributed by atoms with Crippen molar-refractivity contribution in [2.24, 2.45) is 5.73 Å². The van der Waals surface area contributed by atoms with Crippen LogP contribution in [-0.2, 0) is 14.8 Å². The summed E-state index contributed by atoms with van der Waals surface area (Å²) in [6.45, 7) is -0.479. The van der Waals surface area contributed by atoms with Crippen LogP contribution < -0.4 is 5.73 Å². The van der Waals surface area contributed by atoms with E-state index in [0.29, 0.717) is 0 Å². The molecule has 0 aromatic carbocycles. The quantitative estimate of drug-likeness (QED) is 0.787. The van der Waals surface area contributed by atoms with Crippen LogP contribution in [0.1, 0.15) is 9.67 Å². The largest absolute Gasteiger partial charge is 0.477 e. The Labute approximate surface area is 115 Å². The van der Waals surface area contributed by atoms with Gasteiger partial charge in [-0.05, 0) is 22.0 Å². The molecule has 18 heavy (non-hydrogen) atoms. The minimum Gasteiger partial charge on any atom is -0.477 e. The van der Waals surface area contributed by atoms with Crippen LogP contribution in [0, 0.1) is 0 Å². The van der Waals surface area contributed by atoms with Crippen molar-refractivity contribution in [3.8, 4) is 0 Å². The summed E-state index contributed by atoms with van der Waals surface area (Å²) >= 11 is 3.77. The first-order valence-electron chi connectivity index (χ1n) is 4.43. The number of primary amides is 1. The zero-order chi connectivity index (χ0) is 14.1. The van der Waals surface area contributed by atoms with E-state index < -0.39 is 28.4 Å². The number of carbonyl (C=O) groups excluding carboxylic acids is 1. The Balaban J connectivity index is 3.20. The maximum atomic E-state index is 12.0. The summed E-state index contributed by atoms with van der Waals surface area (Å²) in [5.74, 6) is -2.02. The molecule has 100 valence electrons. The van der Waals surface area contributed by atoms with Gasteiger partial charge in [-0.15, -0.1) is 11.3 Å². The van der Waals surface area contributed by atoms with Gasteiger partial charge in [-0.2, -0.15) is 4.31 Å². The van der Waals surface area contributed by atoms with Crippen molar-refractivity contribution in [1.82, 2.24) is 4.31 Å². The zero-order valence-electron chi connectivity index (χ0n) is 9.08. The van der Waals surface area contributed by atoms with E-state index in [4.69, 9.17) is 10.8 Å². The van der Waals surface area contributed by atoms with E-state index in [-0.39, 0.29) is 13.6 Å². The van der Waals surface area contributed by atoms with Crippen LogP contribution in [0.25, 0.3) is 0 Å². The van der Waals surface area contributed by atoms with Crippen LogP contribution in [0.4, 0.5) is 0 Å². The van der Waals surface area contributed by atoms with Crippen molar-refractivity contribution in [3.05, 3.63) is 14.7 Å². The average molecular weight is 357 g/mol. The number of hydrogen-bond donors (Lipinski definition) is 2. The van der Waals surface area contributed by atoms with Crippen molar-refractivity contribution < 1.29 is 23.1 Å². The van der Waals surface area contributed by atoms with E-state index in [9.17, 15) is 18.0 Å². The van der Waals surface area contributed by atoms with E-state index in [1.807, 2.05) is 0 Å². The molecule has 0 saturated heterocycles. The van der Waals surface area contributed by atoms with Crippen LogP contribution in [-0.4, -0.2) is 43.3 Å². The molecule has 0 radical (unpaired) electrons. The highest BCUT2D eigenvalue weighted by Crippen LogP contribution is 2.33. The van der Waals surface area contributed by atoms with Gasteiger partial charge in [0.05, 0.1) is 10.3 Å². The highest BCUT2D eigenvalue weighted by molar-refractivity contribution is 9.11. The molecule has 0 saturated carbocycles. The Morgan fingerprint density at radius 1 is 1.56 bits per heavy atom. The first-order chi connectivity index (χ1) is 8.16. The van der Waals surface area contributed by atoms with Crippen LogP contribution in [0.5, 0.6) is 0 Å². The number of carboxylic acids is 1. The molecule has 1 heterocycles. The molecule has 0 bridgehead atoms. The standard InChI is InChI=1S/C8H9BrN2O5S2/c1-11(3-6(10)12)18(15,16)5-2-4(8(13)14)17-7(5)9/h2H,3H2,1H3,(H2,10,12)(H,13,14). The molecule has 3 N–H and O–H groups in total. The van der Waals surface area contributed by atoms with E-state index in [1.165, 1.54) is 7.05 Å². The van der Waals surface area contributed by atoms with Gasteiger partial charge in [0.2, 0.25) is 15.9 Å². The fourth-order valence-corrected chi connectivity index (χ4v) is 4.59. The van der Waals surface area contributed by atoms with Gasteiger partial charge >= 0.3 is 5.97 Å². The predicted molar refractivity (Wildman–Crippen MR) is 68.0 cm³/mol. The first kappa shape index (κ1) is 15.1. The van der Waals surface area contributed by atoms with Crippen molar-refractivity contribution in [2.45, 2.75) is 4.90 Å². The number of halogens is 1. The fraction of sp³-hybridized carbons (Fsp3) is 0.250. The van der Waals surface area contributed by atoms with Gasteiger partial charge < -0.3 is 10.8 Å². The predicted octanol–water partition coefficient (Wildman–Crippen LogP) is 0.315. The highest BCUT2D eigenvalue weighted by atomic mass is 79.9. The number of sulfonamides is 1. The number of likely N-dealkylation sites (N-methyl/N-ethyl adjacent to an activating group) is 1. The van der Waals surface area contributed by atoms with Gasteiger partial charge in [-0.1, -0.05) is 0 Å². The van der Waals surface area contributed by atoms with E-state index in [1.54, 1.807) is 0 Å². The molecule has 0 fully saturated rings. The minimum absolute atomic E-state index is 0.118. The minimum atomic E-state index is -3.94. The maximum absolute atomic E-state index is 12.0. The van der Waals surface area contributed by atoms with E-state index in [0.717, 1.165) is 21.7 Å². The molecular formula is C8H9BrN2O5S2. The Morgan fingerprint density at radius 2 is 2.11 bits per heavy atom. The number of carboxylic acid groups (broad SMARTS) is 1. The number of aromatic carboxylic acids is 1. The Hall–Kier alpha value is -0.970. The smallest absolute Gasteiger partial charge is 0.345 e. The van der Waals surface area contributed by atoms with Crippen LogP contribution in [0.3, 0.4) is 0 Å². The molecular weight excluding hydrogens is 348 g/mol. The summed E-state index contributed by atoms with van der Waals surface area (Å²) in [5, 5.41) is 8.78. The van der Waals surface area contributed by atoms with E-state index in [2.05, 4.69) is 15.9 Å². The number of nitrogens with two attached hydrogens (primary N) is 1. The van der Waals surface area contributed by atoms with Crippen molar-refractivity contribution >= 4 is 49.2 Å². The third-order valence-electron chi connectivity index (χ3n) is 1.93. The lowest BCUT2D eigenvalue weighted by Crippen LogP contribution is -2.35. The number of nitrogens with zero attached hydrogens (tertiary/aromatic N) is 1. The topological polar surface area (TPSA) is 118 Å². The molecule has 10 heteroatoms. The second-order valence-electron chi connectivity index (χ2n) is 3.28. The SMILES string of the molecule is CN(CC(N)=O)S(=O)(=O)c1cc(C(=O)O)sc1Br. The Morgan fingerprint density at radius 3 is 2.50 bits per heavy atom. The number of carbonyl (C=O) groups is 2.